The van der Waals surface area contributed by atoms with Crippen molar-refractivity contribution in [1.29, 1.82) is 0 Å². The topological polar surface area (TPSA) is 89.9 Å². The first-order chi connectivity index (χ1) is 8.85. The molecule has 110 valence electrons. The highest BCUT2D eigenvalue weighted by molar-refractivity contribution is 5.75. The average Bonchev–Trinajstić information content (AvgIpc) is 2.23. The van der Waals surface area contributed by atoms with Crippen molar-refractivity contribution in [1.82, 2.24) is 10.2 Å². The molecule has 1 aliphatic rings. The summed E-state index contributed by atoms with van der Waals surface area (Å²) in [6, 6.07) is -0.00318. The highest BCUT2D eigenvalue weighted by Crippen LogP contribution is 2.25. The first kappa shape index (κ1) is 15.8. The molecule has 2 amide bonds. The normalized spacial score (nSPS) is 15.7. The van der Waals surface area contributed by atoms with Gasteiger partial charge in [0.15, 0.2) is 0 Å². The van der Waals surface area contributed by atoms with Crippen LogP contribution in [0, 0.1) is 0 Å². The molecule has 0 saturated heterocycles. The van der Waals surface area contributed by atoms with Gasteiger partial charge >= 0.3 is 12.0 Å². The fourth-order valence-corrected chi connectivity index (χ4v) is 2.10. The zero-order valence-corrected chi connectivity index (χ0v) is 11.7. The van der Waals surface area contributed by atoms with Gasteiger partial charge in [-0.2, -0.15) is 0 Å². The molecule has 0 atom stereocenters. The monoisotopic (exact) mass is 272 g/mol. The summed E-state index contributed by atoms with van der Waals surface area (Å²) in [6.07, 6.45) is 3.47. The summed E-state index contributed by atoms with van der Waals surface area (Å²) in [6.45, 7) is 3.89. The molecular formula is C13H24N2O4. The highest BCUT2D eigenvalue weighted by atomic mass is 16.4. The third-order valence-corrected chi connectivity index (χ3v) is 3.53. The van der Waals surface area contributed by atoms with Crippen molar-refractivity contribution in [2.24, 2.45) is 0 Å². The van der Waals surface area contributed by atoms with Crippen LogP contribution in [0.1, 0.15) is 46.0 Å². The van der Waals surface area contributed by atoms with E-state index in [9.17, 15) is 9.59 Å². The van der Waals surface area contributed by atoms with Gasteiger partial charge in [-0.15, -0.1) is 0 Å². The summed E-state index contributed by atoms with van der Waals surface area (Å²) in [7, 11) is 0. The Kier molecular flexibility index (Phi) is 5.60. The minimum Gasteiger partial charge on any atom is -0.481 e. The number of nitrogens with one attached hydrogen (secondary N) is 1. The van der Waals surface area contributed by atoms with E-state index in [-0.39, 0.29) is 25.1 Å². The lowest BCUT2D eigenvalue weighted by Crippen LogP contribution is -2.55. The van der Waals surface area contributed by atoms with Gasteiger partial charge in [0.25, 0.3) is 0 Å². The van der Waals surface area contributed by atoms with Crippen molar-refractivity contribution in [3.8, 4) is 0 Å². The van der Waals surface area contributed by atoms with Crippen LogP contribution in [-0.4, -0.2) is 51.8 Å². The maximum absolute atomic E-state index is 12.2. The summed E-state index contributed by atoms with van der Waals surface area (Å²) in [5.74, 6) is -0.867. The number of carboxylic acid groups (broad SMARTS) is 1. The molecule has 0 aliphatic heterocycles. The number of aliphatic hydroxyl groups excluding tert-OH is 1. The van der Waals surface area contributed by atoms with Crippen molar-refractivity contribution in [3.05, 3.63) is 0 Å². The summed E-state index contributed by atoms with van der Waals surface area (Å²) in [5.41, 5.74) is -0.563. The Labute approximate surface area is 113 Å². The SMILES string of the molecule is CC(C)(CCC(=O)O)NC(=O)N(CCO)C1CCC1. The molecule has 1 saturated carbocycles. The van der Waals surface area contributed by atoms with Crippen LogP contribution >= 0.6 is 0 Å². The number of hydrogen-bond acceptors (Lipinski definition) is 3. The Balaban J connectivity index is 2.51. The van der Waals surface area contributed by atoms with Crippen molar-refractivity contribution in [2.75, 3.05) is 13.2 Å². The van der Waals surface area contributed by atoms with Gasteiger partial charge in [-0.05, 0) is 39.5 Å². The van der Waals surface area contributed by atoms with E-state index < -0.39 is 11.5 Å². The van der Waals surface area contributed by atoms with Crippen molar-refractivity contribution in [3.63, 3.8) is 0 Å². The van der Waals surface area contributed by atoms with E-state index in [0.717, 1.165) is 19.3 Å². The molecule has 1 fully saturated rings. The summed E-state index contributed by atoms with van der Waals surface area (Å²) in [5, 5.41) is 20.6. The van der Waals surface area contributed by atoms with E-state index >= 15 is 0 Å². The minimum absolute atomic E-state index is 0.0245. The minimum atomic E-state index is -0.867. The van der Waals surface area contributed by atoms with Gasteiger partial charge in [-0.3, -0.25) is 4.79 Å². The molecular weight excluding hydrogens is 248 g/mol. The number of carboxylic acids is 1. The molecule has 0 heterocycles. The van der Waals surface area contributed by atoms with Gasteiger partial charge in [-0.25, -0.2) is 4.79 Å². The molecule has 1 aliphatic carbocycles. The Morgan fingerprint density at radius 2 is 2.00 bits per heavy atom. The molecule has 0 aromatic rings. The van der Waals surface area contributed by atoms with Gasteiger partial charge in [0, 0.05) is 24.5 Å². The molecule has 0 unspecified atom stereocenters. The largest absolute Gasteiger partial charge is 0.481 e. The van der Waals surface area contributed by atoms with Crippen molar-refractivity contribution >= 4 is 12.0 Å². The van der Waals surface area contributed by atoms with E-state index in [1.54, 1.807) is 4.90 Å². The predicted molar refractivity (Wildman–Crippen MR) is 70.9 cm³/mol. The van der Waals surface area contributed by atoms with Crippen molar-refractivity contribution in [2.45, 2.75) is 57.5 Å². The second-order valence-electron chi connectivity index (χ2n) is 5.71. The number of nitrogens with zero attached hydrogens (tertiary/aromatic N) is 1. The summed E-state index contributed by atoms with van der Waals surface area (Å²) < 4.78 is 0. The van der Waals surface area contributed by atoms with Crippen LogP contribution in [0.15, 0.2) is 0 Å². The molecule has 0 bridgehead atoms. The Morgan fingerprint density at radius 3 is 2.42 bits per heavy atom. The van der Waals surface area contributed by atoms with Crippen LogP contribution in [0.3, 0.4) is 0 Å². The number of aliphatic hydroxyl groups is 1. The van der Waals surface area contributed by atoms with Gasteiger partial charge in [0.05, 0.1) is 6.61 Å². The number of carbonyl (C=O) groups excluding carboxylic acids is 1. The molecule has 0 spiro atoms. The fourth-order valence-electron chi connectivity index (χ4n) is 2.10. The molecule has 6 nitrogen and oxygen atoms in total. The number of hydrogen-bond donors (Lipinski definition) is 3. The maximum Gasteiger partial charge on any atom is 0.318 e. The molecule has 0 aromatic heterocycles. The van der Waals surface area contributed by atoms with Crippen LogP contribution in [0.25, 0.3) is 0 Å². The zero-order chi connectivity index (χ0) is 14.5. The van der Waals surface area contributed by atoms with Crippen LogP contribution in [0.2, 0.25) is 0 Å². The predicted octanol–water partition coefficient (Wildman–Crippen LogP) is 1.19. The quantitative estimate of drug-likeness (QED) is 0.649. The molecule has 3 N–H and O–H groups in total. The van der Waals surface area contributed by atoms with Gasteiger partial charge in [0.1, 0.15) is 0 Å². The number of amides is 2. The average molecular weight is 272 g/mol. The lowest BCUT2D eigenvalue weighted by Gasteiger charge is -2.39. The Bertz CT molecular complexity index is 327. The smallest absolute Gasteiger partial charge is 0.318 e. The standard InChI is InChI=1S/C13H24N2O4/c1-13(2,7-6-11(17)18)14-12(19)15(8-9-16)10-4-3-5-10/h10,16H,3-9H2,1-2H3,(H,14,19)(H,17,18). The third-order valence-electron chi connectivity index (χ3n) is 3.53. The van der Waals surface area contributed by atoms with E-state index in [4.69, 9.17) is 10.2 Å². The lowest BCUT2D eigenvalue weighted by molar-refractivity contribution is -0.137. The molecule has 0 radical (unpaired) electrons. The first-order valence-electron chi connectivity index (χ1n) is 6.77. The van der Waals surface area contributed by atoms with E-state index in [1.807, 2.05) is 13.8 Å². The number of aliphatic carboxylic acids is 1. The van der Waals surface area contributed by atoms with Crippen LogP contribution in [0.5, 0.6) is 0 Å². The molecule has 0 aromatic carbocycles. The maximum atomic E-state index is 12.2. The van der Waals surface area contributed by atoms with Crippen LogP contribution in [-0.2, 0) is 4.79 Å². The lowest BCUT2D eigenvalue weighted by atomic mass is 9.91. The fraction of sp³-hybridized carbons (Fsp3) is 0.846. The first-order valence-corrected chi connectivity index (χ1v) is 6.77. The van der Waals surface area contributed by atoms with Gasteiger partial charge in [-0.1, -0.05) is 0 Å². The molecule has 1 rings (SSSR count). The molecule has 6 heteroatoms. The van der Waals surface area contributed by atoms with E-state index in [1.165, 1.54) is 0 Å². The van der Waals surface area contributed by atoms with Gasteiger partial charge in [0.2, 0.25) is 0 Å². The Hall–Kier alpha value is -1.30. The number of urea groups is 1. The summed E-state index contributed by atoms with van der Waals surface area (Å²) in [4.78, 5) is 24.4. The Morgan fingerprint density at radius 1 is 1.37 bits per heavy atom. The number of rotatable bonds is 7. The molecule has 19 heavy (non-hydrogen) atoms. The number of carbonyl (C=O) groups is 2. The van der Waals surface area contributed by atoms with E-state index in [0.29, 0.717) is 13.0 Å². The second-order valence-corrected chi connectivity index (χ2v) is 5.71. The van der Waals surface area contributed by atoms with Crippen LogP contribution in [0.4, 0.5) is 4.79 Å². The van der Waals surface area contributed by atoms with Crippen LogP contribution < -0.4 is 5.32 Å². The third kappa shape index (κ3) is 5.06. The summed E-state index contributed by atoms with van der Waals surface area (Å²) >= 11 is 0. The van der Waals surface area contributed by atoms with Crippen molar-refractivity contribution < 1.29 is 19.8 Å². The highest BCUT2D eigenvalue weighted by Gasteiger charge is 2.31. The second kappa shape index (κ2) is 6.75. The zero-order valence-electron chi connectivity index (χ0n) is 11.7. The van der Waals surface area contributed by atoms with E-state index in [2.05, 4.69) is 5.32 Å². The van der Waals surface area contributed by atoms with Gasteiger partial charge < -0.3 is 20.4 Å².